The van der Waals surface area contributed by atoms with Crippen LogP contribution in [0.4, 0.5) is 0 Å². The first-order valence-corrected chi connectivity index (χ1v) is 10.6. The van der Waals surface area contributed by atoms with Crippen molar-refractivity contribution in [3.63, 3.8) is 0 Å². The van der Waals surface area contributed by atoms with Gasteiger partial charge in [0, 0.05) is 31.1 Å². The molecule has 1 fully saturated rings. The first kappa shape index (κ1) is 18.1. The van der Waals surface area contributed by atoms with Crippen LogP contribution in [0.2, 0.25) is 0 Å². The largest absolute Gasteiger partial charge is 0.340 e. The normalized spacial score (nSPS) is 16.2. The predicted octanol–water partition coefficient (Wildman–Crippen LogP) is 2.44. The summed E-state index contributed by atoms with van der Waals surface area (Å²) < 4.78 is 27.2. The Bertz CT molecular complexity index is 852. The Hall–Kier alpha value is -1.70. The van der Waals surface area contributed by atoms with Gasteiger partial charge in [-0.2, -0.15) is 4.31 Å². The second-order valence-electron chi connectivity index (χ2n) is 6.31. The summed E-state index contributed by atoms with van der Waals surface area (Å²) in [4.78, 5) is 15.5. The molecular weight excluding hydrogens is 356 g/mol. The number of sulfonamides is 1. The van der Waals surface area contributed by atoms with Crippen LogP contribution >= 0.6 is 11.3 Å². The monoisotopic (exact) mass is 378 g/mol. The molecule has 0 spiro atoms. The van der Waals surface area contributed by atoms with E-state index in [9.17, 15) is 13.2 Å². The molecule has 1 aliphatic rings. The van der Waals surface area contributed by atoms with E-state index in [1.807, 2.05) is 43.5 Å². The van der Waals surface area contributed by atoms with Crippen molar-refractivity contribution in [2.75, 3.05) is 26.2 Å². The molecule has 0 atom stereocenters. The third-order valence-electron chi connectivity index (χ3n) is 4.45. The van der Waals surface area contributed by atoms with Crippen LogP contribution in [0.3, 0.4) is 0 Å². The van der Waals surface area contributed by atoms with Gasteiger partial charge in [0.05, 0.1) is 11.3 Å². The van der Waals surface area contributed by atoms with E-state index in [0.717, 1.165) is 16.0 Å². The van der Waals surface area contributed by atoms with Crippen LogP contribution in [0, 0.1) is 13.8 Å². The van der Waals surface area contributed by atoms with E-state index in [0.29, 0.717) is 37.5 Å². The maximum Gasteiger partial charge on any atom is 0.243 e. The van der Waals surface area contributed by atoms with Crippen LogP contribution in [0.15, 0.2) is 40.6 Å². The molecule has 0 unspecified atom stereocenters. The number of hydrogen-bond donors (Lipinski definition) is 0. The Morgan fingerprint density at radius 2 is 1.84 bits per heavy atom. The summed E-state index contributed by atoms with van der Waals surface area (Å²) in [5.74, 6) is 0.0611. The van der Waals surface area contributed by atoms with E-state index >= 15 is 0 Å². The molecule has 1 aromatic carbocycles. The third kappa shape index (κ3) is 3.94. The fourth-order valence-electron chi connectivity index (χ4n) is 3.08. The van der Waals surface area contributed by atoms with Gasteiger partial charge in [-0.25, -0.2) is 8.42 Å². The molecular formula is C18H22N2O3S2. The zero-order chi connectivity index (χ0) is 18.0. The molecule has 3 rings (SSSR count). The van der Waals surface area contributed by atoms with Gasteiger partial charge in [0.15, 0.2) is 0 Å². The van der Waals surface area contributed by atoms with Crippen molar-refractivity contribution in [2.24, 2.45) is 0 Å². The molecule has 0 saturated carbocycles. The summed E-state index contributed by atoms with van der Waals surface area (Å²) in [7, 11) is -3.51. The summed E-state index contributed by atoms with van der Waals surface area (Å²) >= 11 is 1.57. The van der Waals surface area contributed by atoms with Crippen LogP contribution < -0.4 is 0 Å². The summed E-state index contributed by atoms with van der Waals surface area (Å²) in [5, 5.41) is 1.96. The fraction of sp³-hybridized carbons (Fsp3) is 0.389. The minimum Gasteiger partial charge on any atom is -0.340 e. The Balaban J connectivity index is 1.66. The van der Waals surface area contributed by atoms with E-state index in [1.54, 1.807) is 22.3 Å². The average Bonchev–Trinajstić information content (AvgIpc) is 3.07. The number of hydrogen-bond acceptors (Lipinski definition) is 4. The van der Waals surface area contributed by atoms with Crippen molar-refractivity contribution < 1.29 is 13.2 Å². The second kappa shape index (κ2) is 7.27. The lowest BCUT2D eigenvalue weighted by atomic mass is 10.2. The third-order valence-corrected chi connectivity index (χ3v) is 7.38. The number of benzene rings is 1. The number of carbonyl (C=O) groups excluding carboxylic acids is 1. The SMILES string of the molecule is Cc1ccc(S(=O)(=O)N2CCN(C(=O)Cc3cccs3)CC2)c(C)c1. The molecule has 0 radical (unpaired) electrons. The molecule has 1 aromatic heterocycles. The smallest absolute Gasteiger partial charge is 0.243 e. The molecule has 0 bridgehead atoms. The lowest BCUT2D eigenvalue weighted by Gasteiger charge is -2.34. The van der Waals surface area contributed by atoms with Crippen molar-refractivity contribution in [1.82, 2.24) is 9.21 Å². The highest BCUT2D eigenvalue weighted by atomic mass is 32.2. The van der Waals surface area contributed by atoms with Crippen LogP contribution in [0.25, 0.3) is 0 Å². The van der Waals surface area contributed by atoms with Crippen molar-refractivity contribution in [1.29, 1.82) is 0 Å². The molecule has 25 heavy (non-hydrogen) atoms. The lowest BCUT2D eigenvalue weighted by molar-refractivity contribution is -0.131. The van der Waals surface area contributed by atoms with Crippen molar-refractivity contribution >= 4 is 27.3 Å². The summed E-state index contributed by atoms with van der Waals surface area (Å²) in [6.07, 6.45) is 0.390. The van der Waals surface area contributed by atoms with E-state index in [2.05, 4.69) is 0 Å². The van der Waals surface area contributed by atoms with E-state index in [4.69, 9.17) is 0 Å². The zero-order valence-corrected chi connectivity index (χ0v) is 16.1. The van der Waals surface area contributed by atoms with Gasteiger partial charge in [-0.1, -0.05) is 23.8 Å². The first-order chi connectivity index (χ1) is 11.9. The minimum atomic E-state index is -3.51. The van der Waals surface area contributed by atoms with Gasteiger partial charge in [-0.15, -0.1) is 11.3 Å². The van der Waals surface area contributed by atoms with Crippen molar-refractivity contribution in [2.45, 2.75) is 25.2 Å². The molecule has 1 amide bonds. The van der Waals surface area contributed by atoms with E-state index in [-0.39, 0.29) is 5.91 Å². The number of aryl methyl sites for hydroxylation is 2. The lowest BCUT2D eigenvalue weighted by Crippen LogP contribution is -2.50. The molecule has 0 aliphatic carbocycles. The van der Waals surface area contributed by atoms with E-state index < -0.39 is 10.0 Å². The molecule has 1 saturated heterocycles. The quantitative estimate of drug-likeness (QED) is 0.821. The van der Waals surface area contributed by atoms with Gasteiger partial charge in [-0.05, 0) is 36.9 Å². The van der Waals surface area contributed by atoms with Gasteiger partial charge in [0.2, 0.25) is 15.9 Å². The van der Waals surface area contributed by atoms with Crippen molar-refractivity contribution in [3.8, 4) is 0 Å². The first-order valence-electron chi connectivity index (χ1n) is 8.25. The molecule has 0 N–H and O–H groups in total. The number of amides is 1. The number of rotatable bonds is 4. The van der Waals surface area contributed by atoms with Crippen LogP contribution in [0.1, 0.15) is 16.0 Å². The summed E-state index contributed by atoms with van der Waals surface area (Å²) in [6, 6.07) is 9.26. The van der Waals surface area contributed by atoms with Gasteiger partial charge in [-0.3, -0.25) is 4.79 Å². The number of nitrogens with zero attached hydrogens (tertiary/aromatic N) is 2. The summed E-state index contributed by atoms with van der Waals surface area (Å²) in [6.45, 7) is 5.32. The molecule has 2 heterocycles. The van der Waals surface area contributed by atoms with Crippen molar-refractivity contribution in [3.05, 3.63) is 51.7 Å². The van der Waals surface area contributed by atoms with Crippen LogP contribution in [-0.4, -0.2) is 49.7 Å². The maximum absolute atomic E-state index is 12.9. The molecule has 7 heteroatoms. The zero-order valence-electron chi connectivity index (χ0n) is 14.4. The highest BCUT2D eigenvalue weighted by Crippen LogP contribution is 2.22. The number of carbonyl (C=O) groups is 1. The molecule has 2 aromatic rings. The topological polar surface area (TPSA) is 57.7 Å². The fourth-order valence-corrected chi connectivity index (χ4v) is 5.40. The van der Waals surface area contributed by atoms with Crippen LogP contribution in [-0.2, 0) is 21.2 Å². The van der Waals surface area contributed by atoms with Gasteiger partial charge < -0.3 is 4.90 Å². The Morgan fingerprint density at radius 3 is 2.44 bits per heavy atom. The maximum atomic E-state index is 12.9. The number of thiophene rings is 1. The van der Waals surface area contributed by atoms with Crippen LogP contribution in [0.5, 0.6) is 0 Å². The average molecular weight is 379 g/mol. The van der Waals surface area contributed by atoms with E-state index in [1.165, 1.54) is 4.31 Å². The standard InChI is InChI=1S/C18H22N2O3S2/c1-14-5-6-17(15(2)12-14)25(22,23)20-9-7-19(8-10-20)18(21)13-16-4-3-11-24-16/h3-6,11-12H,7-10,13H2,1-2H3. The Labute approximate surface area is 152 Å². The Kier molecular flexibility index (Phi) is 5.27. The summed E-state index contributed by atoms with van der Waals surface area (Å²) in [5.41, 5.74) is 1.80. The highest BCUT2D eigenvalue weighted by Gasteiger charge is 2.31. The molecule has 1 aliphatic heterocycles. The second-order valence-corrected chi connectivity index (χ2v) is 9.25. The highest BCUT2D eigenvalue weighted by molar-refractivity contribution is 7.89. The molecule has 5 nitrogen and oxygen atoms in total. The number of piperazine rings is 1. The van der Waals surface area contributed by atoms with Gasteiger partial charge >= 0.3 is 0 Å². The van der Waals surface area contributed by atoms with Gasteiger partial charge in [0.25, 0.3) is 0 Å². The predicted molar refractivity (Wildman–Crippen MR) is 99.3 cm³/mol. The molecule has 134 valence electrons. The minimum absolute atomic E-state index is 0.0611. The Morgan fingerprint density at radius 1 is 1.12 bits per heavy atom. The van der Waals surface area contributed by atoms with Gasteiger partial charge in [0.1, 0.15) is 0 Å².